The van der Waals surface area contributed by atoms with Gasteiger partial charge in [0.15, 0.2) is 5.96 Å². The number of carboxylic acids is 1. The summed E-state index contributed by atoms with van der Waals surface area (Å²) in [5.74, 6) is -1.34. The summed E-state index contributed by atoms with van der Waals surface area (Å²) >= 11 is 0. The zero-order valence-electron chi connectivity index (χ0n) is 13.7. The highest BCUT2D eigenvalue weighted by atomic mass is 32.2. The standard InChI is InChI=1S/C13H20N4O4S.3H2O/c1-9-4-6-10(7-5-9)22(20,21)17-11(12(18)19)3-2-8-16-13(14)15;;;/h4-7,11,17H,2-3,8H2,1H3,(H,18,19)(H4,14,15,16);3*1H2/t11-;;;/m0.../s1. The van der Waals surface area contributed by atoms with Crippen LogP contribution in [0.5, 0.6) is 0 Å². The van der Waals surface area contributed by atoms with Crippen LogP contribution in [-0.4, -0.2) is 54.5 Å². The van der Waals surface area contributed by atoms with Gasteiger partial charge in [0, 0.05) is 6.54 Å². The Balaban J connectivity index is -0.00000161. The van der Waals surface area contributed by atoms with Gasteiger partial charge in [0.05, 0.1) is 4.90 Å². The van der Waals surface area contributed by atoms with E-state index < -0.39 is 22.0 Å². The van der Waals surface area contributed by atoms with E-state index in [2.05, 4.69) is 9.71 Å². The molecule has 0 amide bonds. The summed E-state index contributed by atoms with van der Waals surface area (Å²) in [6.07, 6.45) is 0.419. The molecule has 0 bridgehead atoms. The summed E-state index contributed by atoms with van der Waals surface area (Å²) in [7, 11) is -3.89. The van der Waals surface area contributed by atoms with Crippen molar-refractivity contribution in [2.75, 3.05) is 6.54 Å². The van der Waals surface area contributed by atoms with Gasteiger partial charge in [-0.05, 0) is 31.9 Å². The first-order valence-corrected chi connectivity index (χ1v) is 8.08. The maximum absolute atomic E-state index is 12.2. The van der Waals surface area contributed by atoms with Crippen molar-refractivity contribution in [1.29, 1.82) is 0 Å². The van der Waals surface area contributed by atoms with Crippen LogP contribution in [0.1, 0.15) is 18.4 Å². The number of nitrogens with one attached hydrogen (secondary N) is 1. The van der Waals surface area contributed by atoms with Crippen molar-refractivity contribution >= 4 is 22.0 Å². The Bertz CT molecular complexity index is 643. The second-order valence-corrected chi connectivity index (χ2v) is 6.49. The van der Waals surface area contributed by atoms with E-state index in [0.717, 1.165) is 5.56 Å². The highest BCUT2D eigenvalue weighted by Gasteiger charge is 2.24. The van der Waals surface area contributed by atoms with E-state index in [1.165, 1.54) is 12.1 Å². The smallest absolute Gasteiger partial charge is 0.321 e. The second-order valence-electron chi connectivity index (χ2n) is 4.77. The van der Waals surface area contributed by atoms with Gasteiger partial charge in [-0.2, -0.15) is 4.72 Å². The average Bonchev–Trinajstić information content (AvgIpc) is 2.42. The fourth-order valence-electron chi connectivity index (χ4n) is 1.71. The lowest BCUT2D eigenvalue weighted by Crippen LogP contribution is -2.40. The van der Waals surface area contributed by atoms with Crippen molar-refractivity contribution in [3.63, 3.8) is 0 Å². The molecule has 1 rings (SSSR count). The molecular formula is C13H26N4O7S. The fraction of sp³-hybridized carbons (Fsp3) is 0.385. The minimum absolute atomic E-state index is 0. The van der Waals surface area contributed by atoms with Crippen LogP contribution in [0.4, 0.5) is 0 Å². The van der Waals surface area contributed by atoms with Gasteiger partial charge in [0.2, 0.25) is 10.0 Å². The third kappa shape index (κ3) is 9.59. The highest BCUT2D eigenvalue weighted by Crippen LogP contribution is 2.12. The number of nitrogens with zero attached hydrogens (tertiary/aromatic N) is 1. The number of hydrogen-bond donors (Lipinski definition) is 4. The predicted octanol–water partition coefficient (Wildman–Crippen LogP) is -2.69. The molecule has 0 heterocycles. The number of hydrogen-bond acceptors (Lipinski definition) is 4. The zero-order chi connectivity index (χ0) is 16.8. The lowest BCUT2D eigenvalue weighted by molar-refractivity contribution is -0.139. The van der Waals surface area contributed by atoms with E-state index in [-0.39, 0.29) is 40.2 Å². The van der Waals surface area contributed by atoms with Gasteiger partial charge in [-0.15, -0.1) is 0 Å². The number of benzene rings is 1. The number of aliphatic imine (C=N–C) groups is 1. The third-order valence-electron chi connectivity index (χ3n) is 2.87. The van der Waals surface area contributed by atoms with Gasteiger partial charge < -0.3 is 33.0 Å². The topological polar surface area (TPSA) is 242 Å². The molecule has 0 aliphatic carbocycles. The van der Waals surface area contributed by atoms with Crippen molar-refractivity contribution < 1.29 is 34.7 Å². The minimum atomic E-state index is -3.89. The fourth-order valence-corrected chi connectivity index (χ4v) is 2.93. The average molecular weight is 382 g/mol. The van der Waals surface area contributed by atoms with Crippen LogP contribution in [0.2, 0.25) is 0 Å². The van der Waals surface area contributed by atoms with E-state index in [0.29, 0.717) is 6.42 Å². The Morgan fingerprint density at radius 3 is 2.16 bits per heavy atom. The van der Waals surface area contributed by atoms with Gasteiger partial charge in [-0.25, -0.2) is 8.42 Å². The van der Waals surface area contributed by atoms with Crippen molar-refractivity contribution in [1.82, 2.24) is 4.72 Å². The molecule has 11 nitrogen and oxygen atoms in total. The molecule has 0 aromatic heterocycles. The summed E-state index contributed by atoms with van der Waals surface area (Å²) in [5.41, 5.74) is 11.2. The monoisotopic (exact) mass is 382 g/mol. The number of aryl methyl sites for hydroxylation is 1. The van der Waals surface area contributed by atoms with Gasteiger partial charge in [-0.1, -0.05) is 17.7 Å². The number of rotatable bonds is 8. The number of nitrogens with two attached hydrogens (primary N) is 2. The van der Waals surface area contributed by atoms with E-state index in [1.54, 1.807) is 12.1 Å². The Kier molecular flexibility index (Phi) is 13.4. The number of sulfonamides is 1. The molecule has 25 heavy (non-hydrogen) atoms. The number of carbonyl (C=O) groups is 1. The first kappa shape index (κ1) is 27.6. The molecule has 0 unspecified atom stereocenters. The van der Waals surface area contributed by atoms with Crippen molar-refractivity contribution in [2.24, 2.45) is 16.5 Å². The molecule has 0 saturated heterocycles. The minimum Gasteiger partial charge on any atom is -0.480 e. The third-order valence-corrected chi connectivity index (χ3v) is 4.36. The maximum Gasteiger partial charge on any atom is 0.321 e. The molecule has 0 radical (unpaired) electrons. The van der Waals surface area contributed by atoms with Gasteiger partial charge in [0.1, 0.15) is 6.04 Å². The van der Waals surface area contributed by atoms with Crippen molar-refractivity contribution in [2.45, 2.75) is 30.7 Å². The van der Waals surface area contributed by atoms with Crippen LogP contribution in [0.25, 0.3) is 0 Å². The van der Waals surface area contributed by atoms with E-state index in [4.69, 9.17) is 16.6 Å². The van der Waals surface area contributed by atoms with Crippen LogP contribution in [0.15, 0.2) is 34.2 Å². The van der Waals surface area contributed by atoms with Crippen LogP contribution in [0.3, 0.4) is 0 Å². The van der Waals surface area contributed by atoms with E-state index in [1.807, 2.05) is 6.92 Å². The Hall–Kier alpha value is -2.25. The van der Waals surface area contributed by atoms with Crippen LogP contribution < -0.4 is 16.2 Å². The Morgan fingerprint density at radius 1 is 1.20 bits per heavy atom. The molecule has 0 spiro atoms. The summed E-state index contributed by atoms with van der Waals surface area (Å²) < 4.78 is 26.5. The highest BCUT2D eigenvalue weighted by molar-refractivity contribution is 7.89. The molecule has 1 atom stereocenters. The lowest BCUT2D eigenvalue weighted by Gasteiger charge is -2.14. The largest absolute Gasteiger partial charge is 0.480 e. The molecule has 0 saturated carbocycles. The Morgan fingerprint density at radius 2 is 1.72 bits per heavy atom. The normalized spacial score (nSPS) is 11.1. The lowest BCUT2D eigenvalue weighted by atomic mass is 10.2. The van der Waals surface area contributed by atoms with Gasteiger partial charge in [-0.3, -0.25) is 9.79 Å². The summed E-state index contributed by atoms with van der Waals surface area (Å²) in [4.78, 5) is 14.9. The Labute approximate surface area is 145 Å². The molecule has 12 N–H and O–H groups in total. The maximum atomic E-state index is 12.2. The van der Waals surface area contributed by atoms with Crippen LogP contribution in [-0.2, 0) is 14.8 Å². The SMILES string of the molecule is Cc1ccc(S(=O)(=O)N[C@@H](CCCN=C(N)N)C(=O)O)cc1.O.O.O. The molecule has 1 aromatic carbocycles. The zero-order valence-corrected chi connectivity index (χ0v) is 14.5. The second kappa shape index (κ2) is 12.2. The quantitative estimate of drug-likeness (QED) is 0.211. The predicted molar refractivity (Wildman–Crippen MR) is 93.7 cm³/mol. The van der Waals surface area contributed by atoms with Crippen LogP contribution >= 0.6 is 0 Å². The summed E-state index contributed by atoms with van der Waals surface area (Å²) in [6, 6.07) is 4.90. The van der Waals surface area contributed by atoms with Crippen LogP contribution in [0, 0.1) is 6.92 Å². The van der Waals surface area contributed by atoms with Gasteiger partial charge in [0.25, 0.3) is 0 Å². The van der Waals surface area contributed by atoms with Crippen molar-refractivity contribution in [3.8, 4) is 0 Å². The molecule has 1 aromatic rings. The molecule has 0 fully saturated rings. The number of aliphatic carboxylic acids is 1. The molecule has 12 heteroatoms. The number of carboxylic acid groups (broad SMARTS) is 1. The summed E-state index contributed by atoms with van der Waals surface area (Å²) in [5, 5.41) is 9.12. The molecule has 0 aliphatic rings. The number of guanidine groups is 1. The first-order chi connectivity index (χ1) is 10.2. The molecule has 0 aliphatic heterocycles. The summed E-state index contributed by atoms with van der Waals surface area (Å²) in [6.45, 7) is 2.06. The molecular weight excluding hydrogens is 356 g/mol. The van der Waals surface area contributed by atoms with Gasteiger partial charge >= 0.3 is 5.97 Å². The van der Waals surface area contributed by atoms with E-state index in [9.17, 15) is 13.2 Å². The van der Waals surface area contributed by atoms with E-state index >= 15 is 0 Å². The molecule has 146 valence electrons. The van der Waals surface area contributed by atoms with Crippen molar-refractivity contribution in [3.05, 3.63) is 29.8 Å². The first-order valence-electron chi connectivity index (χ1n) is 6.59.